The van der Waals surface area contributed by atoms with E-state index in [1.165, 1.54) is 13.3 Å². The van der Waals surface area contributed by atoms with Crippen LogP contribution < -0.4 is 35.0 Å². The van der Waals surface area contributed by atoms with Gasteiger partial charge >= 0.3 is 12.0 Å². The molecule has 0 unspecified atom stereocenters. The van der Waals surface area contributed by atoms with Crippen LogP contribution in [0.15, 0.2) is 64.9 Å². The van der Waals surface area contributed by atoms with Crippen molar-refractivity contribution in [2.24, 2.45) is 5.10 Å². The molecule has 0 radical (unpaired) electrons. The van der Waals surface area contributed by atoms with E-state index in [4.69, 9.17) is 46.9 Å². The zero-order valence-electron chi connectivity index (χ0n) is 25.9. The summed E-state index contributed by atoms with van der Waals surface area (Å²) in [5.41, 5.74) is 5.26. The molecular formula is C32H33Cl2IN4O8. The number of carbonyl (C=O) groups is 2. The Morgan fingerprint density at radius 3 is 2.55 bits per heavy atom. The van der Waals surface area contributed by atoms with E-state index in [0.717, 1.165) is 9.13 Å². The van der Waals surface area contributed by atoms with Crippen LogP contribution in [0.2, 0.25) is 10.0 Å². The van der Waals surface area contributed by atoms with E-state index in [9.17, 15) is 14.7 Å². The van der Waals surface area contributed by atoms with Crippen molar-refractivity contribution in [3.8, 4) is 23.0 Å². The molecule has 250 valence electrons. The number of urea groups is 1. The fourth-order valence-corrected chi connectivity index (χ4v) is 5.53. The van der Waals surface area contributed by atoms with E-state index < -0.39 is 24.3 Å². The predicted octanol–water partition coefficient (Wildman–Crippen LogP) is 5.71. The Labute approximate surface area is 295 Å². The fourth-order valence-electron chi connectivity index (χ4n) is 4.59. The lowest BCUT2D eigenvalue weighted by molar-refractivity contribution is -0.136. The van der Waals surface area contributed by atoms with E-state index in [1.807, 2.05) is 18.2 Å². The standard InChI is InChI=1S/C32H33Cl2IN4O8/c1-5-45-25-12-19(29-28(31(41)44-4)17(2)37-32(42)38-29)7-9-24(25)46-16-27(40)39-36-14-20-11-21(35)13-26(43-3)30(20)47-15-18-6-8-22(33)23(34)10-18/h6-14,27,29,39-40H,5,15-16H2,1-4H3,(H2,37,38,42)/b36-14+/t27-,29-/m0/s1. The molecule has 0 saturated carbocycles. The SMILES string of the molecule is CCOc1cc([C@@H]2NC(=O)NC(C)=C2C(=O)OC)ccc1OC[C@H](O)N/N=C/c1cc(I)cc(OC)c1OCc1ccc(Cl)c(Cl)c1. The molecule has 0 spiro atoms. The molecule has 2 atom stereocenters. The van der Waals surface area contributed by atoms with Gasteiger partial charge in [-0.2, -0.15) is 5.10 Å². The largest absolute Gasteiger partial charge is 0.493 e. The van der Waals surface area contributed by atoms with Crippen molar-refractivity contribution in [3.63, 3.8) is 0 Å². The Bertz CT molecular complexity index is 1690. The number of ether oxygens (including phenoxy) is 5. The van der Waals surface area contributed by atoms with E-state index in [1.54, 1.807) is 51.3 Å². The summed E-state index contributed by atoms with van der Waals surface area (Å²) in [4.78, 5) is 24.7. The lowest BCUT2D eigenvalue weighted by Crippen LogP contribution is -2.45. The first-order chi connectivity index (χ1) is 22.5. The number of nitrogens with zero attached hydrogens (tertiary/aromatic N) is 1. The maximum atomic E-state index is 12.5. The second kappa shape index (κ2) is 16.8. The summed E-state index contributed by atoms with van der Waals surface area (Å²) >= 11 is 14.3. The topological polar surface area (TPSA) is 149 Å². The number of methoxy groups -OCH3 is 2. The van der Waals surface area contributed by atoms with Crippen LogP contribution in [0.1, 0.15) is 36.6 Å². The van der Waals surface area contributed by atoms with E-state index in [0.29, 0.717) is 56.5 Å². The molecule has 2 amide bonds. The number of esters is 1. The molecule has 4 rings (SSSR count). The molecule has 47 heavy (non-hydrogen) atoms. The summed E-state index contributed by atoms with van der Waals surface area (Å²) in [6, 6.07) is 12.7. The molecule has 15 heteroatoms. The molecule has 0 fully saturated rings. The Morgan fingerprint density at radius 2 is 1.85 bits per heavy atom. The van der Waals surface area contributed by atoms with Crippen LogP contribution in [0.3, 0.4) is 0 Å². The van der Waals surface area contributed by atoms with Gasteiger partial charge in [-0.05, 0) is 84.0 Å². The Hall–Kier alpha value is -3.92. The van der Waals surface area contributed by atoms with Crippen molar-refractivity contribution in [3.05, 3.63) is 90.1 Å². The van der Waals surface area contributed by atoms with Crippen LogP contribution in [-0.4, -0.2) is 57.0 Å². The fraction of sp³-hybridized carbons (Fsp3) is 0.281. The molecule has 0 aliphatic carbocycles. The average molecular weight is 799 g/mol. The molecule has 1 heterocycles. The van der Waals surface area contributed by atoms with Gasteiger partial charge in [0.2, 0.25) is 0 Å². The van der Waals surface area contributed by atoms with Crippen molar-refractivity contribution < 1.29 is 38.4 Å². The summed E-state index contributed by atoms with van der Waals surface area (Å²) in [7, 11) is 2.81. The normalized spacial score (nSPS) is 15.1. The Kier molecular flexibility index (Phi) is 12.8. The van der Waals surface area contributed by atoms with Crippen LogP contribution in [0.5, 0.6) is 23.0 Å². The molecule has 4 N–H and O–H groups in total. The Balaban J connectivity index is 1.44. The van der Waals surface area contributed by atoms with E-state index in [2.05, 4.69) is 43.8 Å². The zero-order chi connectivity index (χ0) is 34.1. The molecule has 0 saturated heterocycles. The molecular weight excluding hydrogens is 766 g/mol. The van der Waals surface area contributed by atoms with Crippen LogP contribution in [0, 0.1) is 3.57 Å². The highest BCUT2D eigenvalue weighted by molar-refractivity contribution is 14.1. The number of allylic oxidation sites excluding steroid dienone is 1. The predicted molar refractivity (Wildman–Crippen MR) is 185 cm³/mol. The quantitative estimate of drug-likeness (QED) is 0.0530. The van der Waals surface area contributed by atoms with E-state index >= 15 is 0 Å². The number of aliphatic hydroxyl groups excluding tert-OH is 1. The van der Waals surface area contributed by atoms with Gasteiger partial charge in [0.25, 0.3) is 0 Å². The number of benzene rings is 3. The highest BCUT2D eigenvalue weighted by Crippen LogP contribution is 2.36. The lowest BCUT2D eigenvalue weighted by atomic mass is 9.95. The van der Waals surface area contributed by atoms with Gasteiger partial charge in [-0.15, -0.1) is 0 Å². The van der Waals surface area contributed by atoms with Crippen molar-refractivity contribution in [1.82, 2.24) is 16.1 Å². The van der Waals surface area contributed by atoms with Crippen LogP contribution in [-0.2, 0) is 16.1 Å². The van der Waals surface area contributed by atoms with Gasteiger partial charge in [0, 0.05) is 14.8 Å². The maximum absolute atomic E-state index is 12.5. The van der Waals surface area contributed by atoms with Crippen LogP contribution in [0.25, 0.3) is 0 Å². The molecule has 12 nitrogen and oxygen atoms in total. The summed E-state index contributed by atoms with van der Waals surface area (Å²) in [6.07, 6.45) is 0.297. The third-order valence-electron chi connectivity index (χ3n) is 6.73. The number of aliphatic hydroxyl groups is 1. The van der Waals surface area contributed by atoms with E-state index in [-0.39, 0.29) is 18.8 Å². The third kappa shape index (κ3) is 9.34. The second-order valence-corrected chi connectivity index (χ2v) is 12.0. The van der Waals surface area contributed by atoms with Crippen LogP contribution >= 0.6 is 45.8 Å². The molecule has 0 aromatic heterocycles. The number of amides is 2. The van der Waals surface area contributed by atoms with Gasteiger partial charge in [-0.3, -0.25) is 5.43 Å². The average Bonchev–Trinajstić information content (AvgIpc) is 3.04. The number of hydrazone groups is 1. The summed E-state index contributed by atoms with van der Waals surface area (Å²) < 4.78 is 29.0. The van der Waals surface area contributed by atoms with Crippen LogP contribution in [0.4, 0.5) is 4.79 Å². The number of hydrogen-bond donors (Lipinski definition) is 4. The number of nitrogens with one attached hydrogen (secondary N) is 3. The lowest BCUT2D eigenvalue weighted by Gasteiger charge is -2.28. The summed E-state index contributed by atoms with van der Waals surface area (Å²) in [5, 5.41) is 21.0. The van der Waals surface area contributed by atoms with Crippen molar-refractivity contribution in [2.75, 3.05) is 27.4 Å². The Morgan fingerprint density at radius 1 is 1.06 bits per heavy atom. The number of halogens is 3. The second-order valence-electron chi connectivity index (χ2n) is 9.98. The zero-order valence-corrected chi connectivity index (χ0v) is 29.5. The summed E-state index contributed by atoms with van der Waals surface area (Å²) in [6.45, 7) is 3.75. The minimum atomic E-state index is -1.20. The van der Waals surface area contributed by atoms with Crippen molar-refractivity contribution >= 4 is 64.0 Å². The smallest absolute Gasteiger partial charge is 0.337 e. The summed E-state index contributed by atoms with van der Waals surface area (Å²) in [5.74, 6) is 1.05. The molecule has 3 aromatic rings. The van der Waals surface area contributed by atoms with Gasteiger partial charge in [0.15, 0.2) is 29.2 Å². The number of carbonyl (C=O) groups excluding carboxylic acids is 2. The molecule has 1 aliphatic rings. The van der Waals surface area contributed by atoms with Gasteiger partial charge in [0.1, 0.15) is 13.2 Å². The van der Waals surface area contributed by atoms with Gasteiger partial charge in [-0.1, -0.05) is 35.3 Å². The van der Waals surface area contributed by atoms with Crippen molar-refractivity contribution in [2.45, 2.75) is 32.7 Å². The highest BCUT2D eigenvalue weighted by atomic mass is 127. The first kappa shape index (κ1) is 35.9. The first-order valence-corrected chi connectivity index (χ1v) is 16.0. The van der Waals surface area contributed by atoms with Gasteiger partial charge < -0.3 is 39.4 Å². The minimum absolute atomic E-state index is 0.191. The monoisotopic (exact) mass is 798 g/mol. The molecule has 1 aliphatic heterocycles. The number of rotatable bonds is 14. The number of hydrogen-bond acceptors (Lipinski definition) is 10. The minimum Gasteiger partial charge on any atom is -0.493 e. The third-order valence-corrected chi connectivity index (χ3v) is 8.10. The van der Waals surface area contributed by atoms with Gasteiger partial charge in [-0.25, -0.2) is 9.59 Å². The molecule has 0 bridgehead atoms. The first-order valence-electron chi connectivity index (χ1n) is 14.2. The maximum Gasteiger partial charge on any atom is 0.337 e. The molecule has 3 aromatic carbocycles. The van der Waals surface area contributed by atoms with Gasteiger partial charge in [0.05, 0.1) is 48.7 Å². The highest BCUT2D eigenvalue weighted by Gasteiger charge is 2.32. The van der Waals surface area contributed by atoms with Crippen molar-refractivity contribution in [1.29, 1.82) is 0 Å².